The van der Waals surface area contributed by atoms with Crippen LogP contribution in [-0.2, 0) is 16.1 Å². The first-order valence-electron chi connectivity index (χ1n) is 6.50. The maximum atomic E-state index is 11.3. The zero-order valence-electron chi connectivity index (χ0n) is 11.5. The summed E-state index contributed by atoms with van der Waals surface area (Å²) in [5, 5.41) is 3.26. The highest BCUT2D eigenvalue weighted by atomic mass is 16.5. The molecule has 0 spiro atoms. The van der Waals surface area contributed by atoms with Crippen LogP contribution in [0.5, 0.6) is 0 Å². The molecule has 1 aromatic carbocycles. The number of ether oxygens (including phenoxy) is 1. The van der Waals surface area contributed by atoms with E-state index >= 15 is 0 Å². The van der Waals surface area contributed by atoms with Crippen molar-refractivity contribution >= 4 is 5.97 Å². The third-order valence-electron chi connectivity index (χ3n) is 2.53. The number of esters is 1. The Morgan fingerprint density at radius 3 is 2.83 bits per heavy atom. The third kappa shape index (κ3) is 6.40. The van der Waals surface area contributed by atoms with Gasteiger partial charge in [-0.1, -0.05) is 43.7 Å². The van der Waals surface area contributed by atoms with Crippen LogP contribution in [0.15, 0.2) is 24.3 Å². The topological polar surface area (TPSA) is 38.3 Å². The zero-order valence-corrected chi connectivity index (χ0v) is 11.5. The van der Waals surface area contributed by atoms with E-state index in [-0.39, 0.29) is 5.97 Å². The molecule has 0 fully saturated rings. The molecule has 0 aliphatic heterocycles. The van der Waals surface area contributed by atoms with Gasteiger partial charge in [0.15, 0.2) is 0 Å². The first-order chi connectivity index (χ1) is 8.58. The van der Waals surface area contributed by atoms with Crippen LogP contribution in [0.3, 0.4) is 0 Å². The second kappa shape index (κ2) is 7.88. The van der Waals surface area contributed by atoms with Crippen LogP contribution in [0.4, 0.5) is 0 Å². The lowest BCUT2D eigenvalue weighted by Gasteiger charge is -2.08. The first-order valence-corrected chi connectivity index (χ1v) is 6.50. The van der Waals surface area contributed by atoms with Gasteiger partial charge in [0, 0.05) is 19.5 Å². The predicted octanol–water partition coefficient (Wildman–Crippen LogP) is 2.67. The molecule has 0 atom stereocenters. The van der Waals surface area contributed by atoms with E-state index in [2.05, 4.69) is 36.5 Å². The Morgan fingerprint density at radius 2 is 2.17 bits per heavy atom. The minimum atomic E-state index is -0.109. The van der Waals surface area contributed by atoms with E-state index in [9.17, 15) is 4.79 Å². The molecule has 0 saturated heterocycles. The van der Waals surface area contributed by atoms with Gasteiger partial charge in [0.05, 0.1) is 0 Å². The van der Waals surface area contributed by atoms with Gasteiger partial charge < -0.3 is 10.1 Å². The Bertz CT molecular complexity index is 375. The molecular formula is C15H23NO2. The second-order valence-electron chi connectivity index (χ2n) is 4.98. The van der Waals surface area contributed by atoms with Gasteiger partial charge >= 0.3 is 5.97 Å². The number of benzene rings is 1. The number of nitrogens with one attached hydrogen (secondary N) is 1. The van der Waals surface area contributed by atoms with E-state index in [1.807, 2.05) is 13.8 Å². The molecular weight excluding hydrogens is 226 g/mol. The van der Waals surface area contributed by atoms with Gasteiger partial charge in [0.1, 0.15) is 6.61 Å². The number of hydrogen-bond donors (Lipinski definition) is 1. The van der Waals surface area contributed by atoms with Gasteiger partial charge in [-0.05, 0) is 18.4 Å². The smallest absolute Gasteiger partial charge is 0.306 e. The van der Waals surface area contributed by atoms with E-state index < -0.39 is 0 Å². The lowest BCUT2D eigenvalue weighted by molar-refractivity contribution is -0.144. The van der Waals surface area contributed by atoms with E-state index in [4.69, 9.17) is 4.74 Å². The fourth-order valence-electron chi connectivity index (χ4n) is 1.68. The monoisotopic (exact) mass is 249 g/mol. The Hall–Kier alpha value is -1.35. The van der Waals surface area contributed by atoms with E-state index in [1.165, 1.54) is 11.1 Å². The summed E-state index contributed by atoms with van der Waals surface area (Å²) >= 11 is 0. The fourth-order valence-corrected chi connectivity index (χ4v) is 1.68. The standard InChI is InChI=1S/C15H23NO2/c1-12(2)9-15(17)18-8-7-16-11-14-6-4-5-13(3)10-14/h4-6,10,12,16H,7-9,11H2,1-3H3. The molecule has 0 saturated carbocycles. The van der Waals surface area contributed by atoms with Crippen LogP contribution < -0.4 is 5.32 Å². The maximum Gasteiger partial charge on any atom is 0.306 e. The summed E-state index contributed by atoms with van der Waals surface area (Å²) in [4.78, 5) is 11.3. The number of hydrogen-bond acceptors (Lipinski definition) is 3. The van der Waals surface area contributed by atoms with Gasteiger partial charge in [-0.2, -0.15) is 0 Å². The predicted molar refractivity (Wildman–Crippen MR) is 73.3 cm³/mol. The highest BCUT2D eigenvalue weighted by Crippen LogP contribution is 2.03. The molecule has 0 aliphatic carbocycles. The van der Waals surface area contributed by atoms with Gasteiger partial charge in [0.25, 0.3) is 0 Å². The summed E-state index contributed by atoms with van der Waals surface area (Å²) in [5.41, 5.74) is 2.51. The average Bonchev–Trinajstić information content (AvgIpc) is 2.27. The summed E-state index contributed by atoms with van der Waals surface area (Å²) in [6.45, 7) is 8.05. The van der Waals surface area contributed by atoms with Crippen LogP contribution in [0.1, 0.15) is 31.4 Å². The van der Waals surface area contributed by atoms with E-state index in [0.717, 1.165) is 6.54 Å². The molecule has 0 unspecified atom stereocenters. The highest BCUT2D eigenvalue weighted by Gasteiger charge is 2.05. The van der Waals surface area contributed by atoms with Crippen molar-refractivity contribution in [3.8, 4) is 0 Å². The van der Waals surface area contributed by atoms with Gasteiger partial charge in [-0.15, -0.1) is 0 Å². The molecule has 18 heavy (non-hydrogen) atoms. The van der Waals surface area contributed by atoms with Crippen molar-refractivity contribution in [3.63, 3.8) is 0 Å². The van der Waals surface area contributed by atoms with Crippen LogP contribution in [0.2, 0.25) is 0 Å². The Balaban J connectivity index is 2.10. The normalized spacial score (nSPS) is 10.7. The second-order valence-corrected chi connectivity index (χ2v) is 4.98. The Kier molecular flexibility index (Phi) is 6.44. The molecule has 0 aromatic heterocycles. The summed E-state index contributed by atoms with van der Waals surface area (Å²) in [7, 11) is 0. The number of carbonyl (C=O) groups excluding carboxylic acids is 1. The molecule has 0 aliphatic rings. The van der Waals surface area contributed by atoms with Gasteiger partial charge in [-0.25, -0.2) is 0 Å². The zero-order chi connectivity index (χ0) is 13.4. The molecule has 100 valence electrons. The minimum absolute atomic E-state index is 0.109. The molecule has 0 bridgehead atoms. The molecule has 0 amide bonds. The van der Waals surface area contributed by atoms with Crippen molar-refractivity contribution < 1.29 is 9.53 Å². The highest BCUT2D eigenvalue weighted by molar-refractivity contribution is 5.69. The summed E-state index contributed by atoms with van der Waals surface area (Å²) in [6, 6.07) is 8.37. The number of carbonyl (C=O) groups is 1. The minimum Gasteiger partial charge on any atom is -0.464 e. The SMILES string of the molecule is Cc1cccc(CNCCOC(=O)CC(C)C)c1. The molecule has 0 radical (unpaired) electrons. The van der Waals surface area contributed by atoms with Gasteiger partial charge in [-0.3, -0.25) is 4.79 Å². The quantitative estimate of drug-likeness (QED) is 0.596. The van der Waals surface area contributed by atoms with Gasteiger partial charge in [0.2, 0.25) is 0 Å². The molecule has 0 heterocycles. The number of aryl methyl sites for hydroxylation is 1. The van der Waals surface area contributed by atoms with Crippen molar-refractivity contribution in [2.45, 2.75) is 33.7 Å². The summed E-state index contributed by atoms with van der Waals surface area (Å²) in [5.74, 6) is 0.250. The largest absolute Gasteiger partial charge is 0.464 e. The van der Waals surface area contributed by atoms with E-state index in [1.54, 1.807) is 0 Å². The van der Waals surface area contributed by atoms with E-state index in [0.29, 0.717) is 25.5 Å². The molecule has 1 rings (SSSR count). The lowest BCUT2D eigenvalue weighted by Crippen LogP contribution is -2.21. The van der Waals surface area contributed by atoms with Crippen molar-refractivity contribution in [2.24, 2.45) is 5.92 Å². The molecule has 1 aromatic rings. The first kappa shape index (κ1) is 14.7. The Morgan fingerprint density at radius 1 is 1.39 bits per heavy atom. The third-order valence-corrected chi connectivity index (χ3v) is 2.53. The van der Waals surface area contributed by atoms with Crippen LogP contribution in [0, 0.1) is 12.8 Å². The van der Waals surface area contributed by atoms with Crippen molar-refractivity contribution in [3.05, 3.63) is 35.4 Å². The fraction of sp³-hybridized carbons (Fsp3) is 0.533. The number of rotatable bonds is 7. The van der Waals surface area contributed by atoms with Crippen molar-refractivity contribution in [1.29, 1.82) is 0 Å². The Labute approximate surface area is 110 Å². The van der Waals surface area contributed by atoms with Crippen LogP contribution >= 0.6 is 0 Å². The van der Waals surface area contributed by atoms with Crippen molar-refractivity contribution in [2.75, 3.05) is 13.2 Å². The van der Waals surface area contributed by atoms with Crippen LogP contribution in [0.25, 0.3) is 0 Å². The molecule has 1 N–H and O–H groups in total. The molecule has 3 heteroatoms. The summed E-state index contributed by atoms with van der Waals surface area (Å²) in [6.07, 6.45) is 0.498. The molecule has 3 nitrogen and oxygen atoms in total. The summed E-state index contributed by atoms with van der Waals surface area (Å²) < 4.78 is 5.11. The lowest BCUT2D eigenvalue weighted by atomic mass is 10.1. The van der Waals surface area contributed by atoms with Crippen molar-refractivity contribution in [1.82, 2.24) is 5.32 Å². The average molecular weight is 249 g/mol. The maximum absolute atomic E-state index is 11.3. The van der Waals surface area contributed by atoms with Crippen LogP contribution in [-0.4, -0.2) is 19.1 Å².